The van der Waals surface area contributed by atoms with E-state index in [0.717, 1.165) is 23.4 Å². The Balaban J connectivity index is 1.65. The molecule has 2 aliphatic heterocycles. The van der Waals surface area contributed by atoms with Crippen LogP contribution in [-0.2, 0) is 27.8 Å². The van der Waals surface area contributed by atoms with E-state index in [2.05, 4.69) is 16.9 Å². The number of hydrogen-bond donors (Lipinski definition) is 1. The number of carbonyl (C=O) groups is 1. The van der Waals surface area contributed by atoms with E-state index in [1.807, 2.05) is 25.1 Å². The second-order valence-electron chi connectivity index (χ2n) is 8.35. The quantitative estimate of drug-likeness (QED) is 0.648. The molecule has 170 valence electrons. The van der Waals surface area contributed by atoms with Crippen molar-refractivity contribution in [2.24, 2.45) is 5.92 Å². The van der Waals surface area contributed by atoms with Crippen LogP contribution in [-0.4, -0.2) is 42.3 Å². The average Bonchev–Trinajstić information content (AvgIpc) is 3.30. The van der Waals surface area contributed by atoms with Crippen LogP contribution in [0, 0.1) is 5.92 Å². The van der Waals surface area contributed by atoms with Gasteiger partial charge in [-0.05, 0) is 61.1 Å². The van der Waals surface area contributed by atoms with Crippen molar-refractivity contribution in [2.45, 2.75) is 56.1 Å². The Labute approximate surface area is 189 Å². The molecule has 1 saturated heterocycles. The van der Waals surface area contributed by atoms with Gasteiger partial charge in [-0.3, -0.25) is 9.78 Å². The van der Waals surface area contributed by atoms with Gasteiger partial charge in [0.1, 0.15) is 11.8 Å². The zero-order chi connectivity index (χ0) is 22.7. The molecule has 2 aliphatic rings. The number of aromatic nitrogens is 1. The largest absolute Gasteiger partial charge is 0.493 e. The molecular weight excluding hydrogens is 426 g/mol. The van der Waals surface area contributed by atoms with E-state index < -0.39 is 16.1 Å². The van der Waals surface area contributed by atoms with Gasteiger partial charge < -0.3 is 10.1 Å². The Morgan fingerprint density at radius 3 is 2.94 bits per heavy atom. The Kier molecular flexibility index (Phi) is 6.62. The number of piperidine rings is 1. The summed E-state index contributed by atoms with van der Waals surface area (Å²) in [6.45, 7) is 6.63. The van der Waals surface area contributed by atoms with E-state index in [4.69, 9.17) is 4.74 Å². The number of benzene rings is 1. The molecule has 1 amide bonds. The molecule has 0 aliphatic carbocycles. The van der Waals surface area contributed by atoms with Gasteiger partial charge in [-0.1, -0.05) is 19.1 Å². The number of sulfonamides is 1. The Morgan fingerprint density at radius 2 is 2.19 bits per heavy atom. The molecule has 1 fully saturated rings. The Bertz CT molecular complexity index is 1090. The van der Waals surface area contributed by atoms with Gasteiger partial charge in [0.05, 0.1) is 23.7 Å². The molecule has 0 spiro atoms. The van der Waals surface area contributed by atoms with Crippen LogP contribution < -0.4 is 10.1 Å². The van der Waals surface area contributed by atoms with Crippen molar-refractivity contribution in [3.63, 3.8) is 0 Å². The Morgan fingerprint density at radius 1 is 1.34 bits per heavy atom. The van der Waals surface area contributed by atoms with Crippen LogP contribution >= 0.6 is 0 Å². The number of fused-ring (bicyclic) bond motifs is 1. The number of carbonyl (C=O) groups excluding carboxylic acids is 1. The summed E-state index contributed by atoms with van der Waals surface area (Å²) in [6.07, 6.45) is 6.04. The number of pyridine rings is 1. The zero-order valence-corrected chi connectivity index (χ0v) is 19.1. The molecule has 2 aromatic rings. The van der Waals surface area contributed by atoms with Gasteiger partial charge in [0, 0.05) is 18.7 Å². The second-order valence-corrected chi connectivity index (χ2v) is 10.2. The van der Waals surface area contributed by atoms with Crippen LogP contribution in [0.25, 0.3) is 0 Å². The number of rotatable bonds is 7. The van der Waals surface area contributed by atoms with Gasteiger partial charge in [0.25, 0.3) is 0 Å². The Hall–Kier alpha value is -2.71. The number of nitrogens with zero attached hydrogens (tertiary/aromatic N) is 2. The van der Waals surface area contributed by atoms with Crippen LogP contribution in [0.15, 0.2) is 60.1 Å². The first-order valence-electron chi connectivity index (χ1n) is 11.0. The summed E-state index contributed by atoms with van der Waals surface area (Å²) in [7, 11) is -3.91. The standard InChI is InChI=1S/C24H29N3O4S/c1-3-17(2)21-8-6-9-22(24(28)26-16-19-7-4-5-13-25-19)27(21)32(29,30)20-10-11-23-18(15-20)12-14-31-23/h3-5,7,10-11,13,15,17,21-22H,1,6,8-9,12,14,16H2,2H3,(H,26,28)/t17-,21+,22?/m1/s1. The van der Waals surface area contributed by atoms with Crippen molar-refractivity contribution in [3.05, 3.63) is 66.5 Å². The third-order valence-corrected chi connectivity index (χ3v) is 8.23. The predicted molar refractivity (Wildman–Crippen MR) is 122 cm³/mol. The monoisotopic (exact) mass is 455 g/mol. The SMILES string of the molecule is C=C[C@@H](C)[C@@H]1CCCC(C(=O)NCc2ccccn2)N1S(=O)(=O)c1ccc2c(c1)CCO2. The third-order valence-electron chi connectivity index (χ3n) is 6.30. The van der Waals surface area contributed by atoms with Crippen LogP contribution in [0.2, 0.25) is 0 Å². The second kappa shape index (κ2) is 9.42. The van der Waals surface area contributed by atoms with Gasteiger partial charge in [-0.2, -0.15) is 4.31 Å². The number of amides is 1. The fraction of sp³-hybridized carbons (Fsp3) is 0.417. The summed E-state index contributed by atoms with van der Waals surface area (Å²) in [6, 6.07) is 9.34. The smallest absolute Gasteiger partial charge is 0.244 e. The lowest BCUT2D eigenvalue weighted by Gasteiger charge is -2.42. The molecule has 1 aromatic carbocycles. The molecule has 32 heavy (non-hydrogen) atoms. The average molecular weight is 456 g/mol. The molecule has 8 heteroatoms. The molecule has 3 atom stereocenters. The van der Waals surface area contributed by atoms with Crippen LogP contribution in [0.3, 0.4) is 0 Å². The minimum absolute atomic E-state index is 0.0890. The van der Waals surface area contributed by atoms with Gasteiger partial charge >= 0.3 is 0 Å². The molecule has 1 unspecified atom stereocenters. The van der Waals surface area contributed by atoms with E-state index in [9.17, 15) is 13.2 Å². The number of hydrogen-bond acceptors (Lipinski definition) is 5. The fourth-order valence-electron chi connectivity index (χ4n) is 4.49. The topological polar surface area (TPSA) is 88.6 Å². The predicted octanol–water partition coefficient (Wildman–Crippen LogP) is 3.07. The lowest BCUT2D eigenvalue weighted by atomic mass is 9.90. The van der Waals surface area contributed by atoms with Gasteiger partial charge in [0.2, 0.25) is 15.9 Å². The fourth-order valence-corrected chi connectivity index (χ4v) is 6.46. The van der Waals surface area contributed by atoms with Gasteiger partial charge in [-0.25, -0.2) is 8.42 Å². The highest BCUT2D eigenvalue weighted by molar-refractivity contribution is 7.89. The van der Waals surface area contributed by atoms with E-state index in [1.165, 1.54) is 4.31 Å². The number of ether oxygens (including phenoxy) is 1. The van der Waals surface area contributed by atoms with Crippen molar-refractivity contribution in [1.29, 1.82) is 0 Å². The first-order valence-corrected chi connectivity index (χ1v) is 12.5. The third kappa shape index (κ3) is 4.42. The van der Waals surface area contributed by atoms with E-state index in [-0.39, 0.29) is 29.3 Å². The van der Waals surface area contributed by atoms with Gasteiger partial charge in [-0.15, -0.1) is 6.58 Å². The molecule has 0 bridgehead atoms. The summed E-state index contributed by atoms with van der Waals surface area (Å²) in [5.74, 6) is 0.335. The molecule has 0 saturated carbocycles. The first-order chi connectivity index (χ1) is 15.4. The highest BCUT2D eigenvalue weighted by atomic mass is 32.2. The maximum Gasteiger partial charge on any atom is 0.244 e. The molecule has 1 N–H and O–H groups in total. The van der Waals surface area contributed by atoms with Crippen molar-refractivity contribution in [3.8, 4) is 5.75 Å². The highest BCUT2D eigenvalue weighted by Crippen LogP contribution is 2.36. The highest BCUT2D eigenvalue weighted by Gasteiger charge is 2.44. The summed E-state index contributed by atoms with van der Waals surface area (Å²) < 4.78 is 34.7. The summed E-state index contributed by atoms with van der Waals surface area (Å²) in [5, 5.41) is 2.89. The van der Waals surface area contributed by atoms with Crippen LogP contribution in [0.4, 0.5) is 0 Å². The molecule has 4 rings (SSSR count). The van der Waals surface area contributed by atoms with E-state index in [1.54, 1.807) is 30.5 Å². The van der Waals surface area contributed by atoms with Crippen molar-refractivity contribution in [2.75, 3.05) is 6.61 Å². The number of nitrogens with one attached hydrogen (secondary N) is 1. The van der Waals surface area contributed by atoms with Crippen molar-refractivity contribution in [1.82, 2.24) is 14.6 Å². The van der Waals surface area contributed by atoms with E-state index in [0.29, 0.717) is 25.9 Å². The molecule has 1 aromatic heterocycles. The van der Waals surface area contributed by atoms with Crippen LogP contribution in [0.1, 0.15) is 37.4 Å². The summed E-state index contributed by atoms with van der Waals surface area (Å²) >= 11 is 0. The summed E-state index contributed by atoms with van der Waals surface area (Å²) in [5.41, 5.74) is 1.60. The molecule has 3 heterocycles. The molecule has 7 nitrogen and oxygen atoms in total. The summed E-state index contributed by atoms with van der Waals surface area (Å²) in [4.78, 5) is 17.6. The first kappa shape index (κ1) is 22.5. The maximum atomic E-state index is 13.9. The van der Waals surface area contributed by atoms with Crippen molar-refractivity contribution >= 4 is 15.9 Å². The van der Waals surface area contributed by atoms with E-state index >= 15 is 0 Å². The normalized spacial score (nSPS) is 21.9. The lowest BCUT2D eigenvalue weighted by Crippen LogP contribution is -2.57. The van der Waals surface area contributed by atoms with Crippen LogP contribution in [0.5, 0.6) is 5.75 Å². The zero-order valence-electron chi connectivity index (χ0n) is 18.2. The maximum absolute atomic E-state index is 13.9. The molecule has 0 radical (unpaired) electrons. The molecular formula is C24H29N3O4S. The van der Waals surface area contributed by atoms with Gasteiger partial charge in [0.15, 0.2) is 0 Å². The lowest BCUT2D eigenvalue weighted by molar-refractivity contribution is -0.126. The minimum Gasteiger partial charge on any atom is -0.493 e. The van der Waals surface area contributed by atoms with Crippen molar-refractivity contribution < 1.29 is 17.9 Å². The minimum atomic E-state index is -3.91.